The zero-order valence-electron chi connectivity index (χ0n) is 21.5. The molecule has 2 rings (SSSR count). The quantitative estimate of drug-likeness (QED) is 0.632. The number of benzene rings is 2. The molecule has 0 aliphatic heterocycles. The molecule has 0 bridgehead atoms. The molecule has 0 aliphatic carbocycles. The molecular weight excluding hydrogens is 328 g/mol. The molecule has 0 heterocycles. The number of aryl methyl sites for hydroxylation is 1. The van der Waals surface area contributed by atoms with Crippen LogP contribution in [0.25, 0.3) is 0 Å². The number of hydrogen-bond donors (Lipinski definition) is 1. The first kappa shape index (κ1) is 13.0. The second-order valence-electron chi connectivity index (χ2n) is 6.25. The number of unbranched alkanes of at least 4 members (excludes halogenated alkanes) is 1. The molecule has 4 heteroatoms. The molecular formula is C22H30O4. The van der Waals surface area contributed by atoms with Gasteiger partial charge < -0.3 is 19.3 Å². The van der Waals surface area contributed by atoms with Crippen molar-refractivity contribution in [1.82, 2.24) is 0 Å². The maximum absolute atomic E-state index is 10.2. The molecule has 0 aliphatic rings. The van der Waals surface area contributed by atoms with E-state index in [2.05, 4.69) is 0 Å². The van der Waals surface area contributed by atoms with Gasteiger partial charge in [-0.05, 0) is 74.0 Å². The van der Waals surface area contributed by atoms with Crippen LogP contribution in [0.5, 0.6) is 17.2 Å². The minimum absolute atomic E-state index is 0.0252. The largest absolute Gasteiger partial charge is 0.493 e. The summed E-state index contributed by atoms with van der Waals surface area (Å²) in [7, 11) is -1.12. The second kappa shape index (κ2) is 10.1. The van der Waals surface area contributed by atoms with Crippen LogP contribution in [0.4, 0.5) is 0 Å². The van der Waals surface area contributed by atoms with Gasteiger partial charge in [-0.2, -0.15) is 0 Å². The van der Waals surface area contributed by atoms with Gasteiger partial charge in [-0.3, -0.25) is 0 Å². The van der Waals surface area contributed by atoms with E-state index >= 15 is 0 Å². The summed E-state index contributed by atoms with van der Waals surface area (Å²) in [6, 6.07) is 5.12. The van der Waals surface area contributed by atoms with Gasteiger partial charge in [0.2, 0.25) is 0 Å². The van der Waals surface area contributed by atoms with Crippen molar-refractivity contribution in [2.24, 2.45) is 0 Å². The van der Waals surface area contributed by atoms with Crippen LogP contribution >= 0.6 is 0 Å². The van der Waals surface area contributed by atoms with Gasteiger partial charge in [0, 0.05) is 0 Å². The van der Waals surface area contributed by atoms with E-state index in [1.807, 2.05) is 6.07 Å². The summed E-state index contributed by atoms with van der Waals surface area (Å²) >= 11 is 0. The molecule has 1 atom stereocenters. The average molecular weight is 365 g/mol. The van der Waals surface area contributed by atoms with Crippen LogP contribution in [-0.2, 0) is 6.42 Å². The topological polar surface area (TPSA) is 47.9 Å². The molecule has 0 saturated heterocycles. The Bertz CT molecular complexity index is 901. The Hall–Kier alpha value is -2.20. The predicted octanol–water partition coefficient (Wildman–Crippen LogP) is 4.47. The monoisotopic (exact) mass is 364 g/mol. The van der Waals surface area contributed by atoms with Crippen molar-refractivity contribution >= 4 is 0 Å². The minimum atomic E-state index is -2.56. The van der Waals surface area contributed by atoms with E-state index < -0.39 is 13.1 Å². The fourth-order valence-electron chi connectivity index (χ4n) is 2.54. The molecule has 26 heavy (non-hydrogen) atoms. The lowest BCUT2D eigenvalue weighted by Crippen LogP contribution is -2.17. The van der Waals surface area contributed by atoms with Gasteiger partial charge in [-0.1, -0.05) is 18.5 Å². The molecule has 1 unspecified atom stereocenters. The van der Waals surface area contributed by atoms with Crippen LogP contribution < -0.4 is 14.2 Å². The van der Waals surface area contributed by atoms with Gasteiger partial charge >= 0.3 is 0 Å². The Morgan fingerprint density at radius 1 is 1.12 bits per heavy atom. The first-order valence-corrected chi connectivity index (χ1v) is 8.68. The van der Waals surface area contributed by atoms with E-state index in [-0.39, 0.29) is 36.2 Å². The summed E-state index contributed by atoms with van der Waals surface area (Å²) in [4.78, 5) is 0. The number of aliphatic hydroxyl groups is 1. The summed E-state index contributed by atoms with van der Waals surface area (Å²) in [5, 5.41) is 10.2. The summed E-state index contributed by atoms with van der Waals surface area (Å²) in [6.07, 6.45) is 1.82. The van der Waals surface area contributed by atoms with E-state index in [1.54, 1.807) is 26.0 Å². The molecule has 1 N–H and O–H groups in total. The third kappa shape index (κ3) is 5.95. The first-order chi connectivity index (χ1) is 14.9. The molecule has 0 spiro atoms. The highest BCUT2D eigenvalue weighted by molar-refractivity contribution is 5.42. The maximum atomic E-state index is 10.2. The second-order valence-corrected chi connectivity index (χ2v) is 6.25. The fraction of sp³-hybridized carbons (Fsp3) is 0.455. The highest BCUT2D eigenvalue weighted by Gasteiger charge is 2.07. The molecule has 2 aromatic rings. The first-order valence-electron chi connectivity index (χ1n) is 11.7. The van der Waals surface area contributed by atoms with Crippen LogP contribution in [0.3, 0.4) is 0 Å². The number of hydrogen-bond acceptors (Lipinski definition) is 4. The molecule has 142 valence electrons. The highest BCUT2D eigenvalue weighted by atomic mass is 16.5. The van der Waals surface area contributed by atoms with Crippen molar-refractivity contribution < 1.29 is 27.5 Å². The van der Waals surface area contributed by atoms with Gasteiger partial charge in [-0.15, -0.1) is 0 Å². The van der Waals surface area contributed by atoms with Crippen molar-refractivity contribution in [2.75, 3.05) is 20.8 Å². The maximum Gasteiger partial charge on any atom is 0.160 e. The lowest BCUT2D eigenvalue weighted by atomic mass is 10.0. The number of rotatable bonds is 10. The molecule has 0 radical (unpaired) electrons. The van der Waals surface area contributed by atoms with Crippen molar-refractivity contribution in [2.45, 2.75) is 45.6 Å². The number of methoxy groups -OCH3 is 2. The molecule has 2 aromatic carbocycles. The fourth-order valence-corrected chi connectivity index (χ4v) is 2.54. The molecule has 0 aromatic heterocycles. The number of ether oxygens (including phenoxy) is 3. The van der Waals surface area contributed by atoms with E-state index in [4.69, 9.17) is 22.4 Å². The Morgan fingerprint density at radius 2 is 1.96 bits per heavy atom. The van der Waals surface area contributed by atoms with Crippen LogP contribution in [0.1, 0.15) is 44.2 Å². The minimum Gasteiger partial charge on any atom is -0.493 e. The summed E-state index contributed by atoms with van der Waals surface area (Å²) < 4.78 is 61.6. The third-order valence-corrected chi connectivity index (χ3v) is 4.24. The van der Waals surface area contributed by atoms with Gasteiger partial charge in [-0.25, -0.2) is 0 Å². The normalized spacial score (nSPS) is 15.7. The third-order valence-electron chi connectivity index (χ3n) is 4.24. The van der Waals surface area contributed by atoms with Crippen molar-refractivity contribution in [3.63, 3.8) is 0 Å². The summed E-state index contributed by atoms with van der Waals surface area (Å²) in [6.45, 7) is 3.36. The summed E-state index contributed by atoms with van der Waals surface area (Å²) in [5.41, 5.74) is 2.07. The van der Waals surface area contributed by atoms with Crippen LogP contribution in [0, 0.1) is 13.8 Å². The zero-order valence-corrected chi connectivity index (χ0v) is 15.5. The molecule has 0 fully saturated rings. The summed E-state index contributed by atoms with van der Waals surface area (Å²) in [5.74, 6) is 0.539. The van der Waals surface area contributed by atoms with E-state index in [0.29, 0.717) is 36.1 Å². The van der Waals surface area contributed by atoms with E-state index in [1.165, 1.54) is 7.11 Å². The van der Waals surface area contributed by atoms with Gasteiger partial charge in [0.1, 0.15) is 12.4 Å². The van der Waals surface area contributed by atoms with Crippen molar-refractivity contribution in [3.8, 4) is 17.2 Å². The van der Waals surface area contributed by atoms with Crippen LogP contribution in [-0.4, -0.2) is 32.0 Å². The molecule has 4 nitrogen and oxygen atoms in total. The number of aliphatic hydroxyl groups excluding tert-OH is 1. The SMILES string of the molecule is [2H]c1c([2H])c(OCC(O)CCCCc2ccc(OC)c(OC([2H])([2H])[2H])c2)c([2H])c(C)c1C. The Labute approximate surface area is 165 Å². The van der Waals surface area contributed by atoms with Gasteiger partial charge in [0.25, 0.3) is 0 Å². The van der Waals surface area contributed by atoms with Gasteiger partial charge in [0.15, 0.2) is 11.5 Å². The van der Waals surface area contributed by atoms with E-state index in [0.717, 1.165) is 12.0 Å². The standard InChI is InChI=1S/C22H30O4/c1-16-9-11-20(13-17(16)2)26-15-19(23)8-6-5-7-18-10-12-21(24-3)22(14-18)25-4/h9-14,19,23H,5-8,15H2,1-4H3/i4D3,9D,11D,13D. The van der Waals surface area contributed by atoms with Crippen LogP contribution in [0.2, 0.25) is 0 Å². The predicted molar refractivity (Wildman–Crippen MR) is 105 cm³/mol. The molecule has 0 amide bonds. The molecule has 0 saturated carbocycles. The highest BCUT2D eigenvalue weighted by Crippen LogP contribution is 2.28. The average Bonchev–Trinajstić information content (AvgIpc) is 2.73. The smallest absolute Gasteiger partial charge is 0.160 e. The van der Waals surface area contributed by atoms with Gasteiger partial charge in [0.05, 0.1) is 28.5 Å². The Morgan fingerprint density at radius 3 is 2.73 bits per heavy atom. The Kier molecular flexibility index (Phi) is 5.05. The van der Waals surface area contributed by atoms with Crippen molar-refractivity contribution in [3.05, 3.63) is 53.0 Å². The van der Waals surface area contributed by atoms with Crippen LogP contribution in [0.15, 0.2) is 36.3 Å². The zero-order chi connectivity index (χ0) is 24.1. The van der Waals surface area contributed by atoms with E-state index in [9.17, 15) is 5.11 Å². The lowest BCUT2D eigenvalue weighted by Gasteiger charge is -2.13. The van der Waals surface area contributed by atoms with Crippen molar-refractivity contribution in [1.29, 1.82) is 0 Å². The Balaban J connectivity index is 1.86. The lowest BCUT2D eigenvalue weighted by molar-refractivity contribution is 0.0976.